The smallest absolute Gasteiger partial charge is 0.0331 e. The van der Waals surface area contributed by atoms with Gasteiger partial charge in [0, 0.05) is 34.9 Å². The molecule has 3 unspecified atom stereocenters. The zero-order chi connectivity index (χ0) is 14.7. The van der Waals surface area contributed by atoms with Gasteiger partial charge in [-0.25, -0.2) is 0 Å². The molecule has 0 aliphatic carbocycles. The molecule has 2 nitrogen and oxygen atoms in total. The fourth-order valence-electron chi connectivity index (χ4n) is 3.42. The van der Waals surface area contributed by atoms with Crippen LogP contribution in [0.2, 0.25) is 0 Å². The largest absolute Gasteiger partial charge is 0.314 e. The third kappa shape index (κ3) is 3.63. The van der Waals surface area contributed by atoms with Crippen LogP contribution >= 0.6 is 11.3 Å². The summed E-state index contributed by atoms with van der Waals surface area (Å²) in [5.74, 6) is 0.748. The Labute approximate surface area is 128 Å². The van der Waals surface area contributed by atoms with Crippen LogP contribution in [0.3, 0.4) is 0 Å². The van der Waals surface area contributed by atoms with E-state index in [4.69, 9.17) is 0 Å². The number of hydrogen-bond donors (Lipinski definition) is 1. The van der Waals surface area contributed by atoms with Gasteiger partial charge in [0.05, 0.1) is 0 Å². The van der Waals surface area contributed by atoms with Gasteiger partial charge in [0.2, 0.25) is 0 Å². The average molecular weight is 295 g/mol. The van der Waals surface area contributed by atoms with Gasteiger partial charge in [-0.1, -0.05) is 13.8 Å². The van der Waals surface area contributed by atoms with Crippen molar-refractivity contribution in [1.82, 2.24) is 10.2 Å². The first kappa shape index (κ1) is 16.0. The lowest BCUT2D eigenvalue weighted by atomic mass is 9.92. The molecular weight excluding hydrogens is 264 g/mol. The quantitative estimate of drug-likeness (QED) is 0.878. The van der Waals surface area contributed by atoms with Gasteiger partial charge in [-0.15, -0.1) is 11.3 Å². The van der Waals surface area contributed by atoms with E-state index in [0.29, 0.717) is 12.1 Å². The summed E-state index contributed by atoms with van der Waals surface area (Å²) in [4.78, 5) is 5.61. The van der Waals surface area contributed by atoms with Gasteiger partial charge in [-0.2, -0.15) is 0 Å². The van der Waals surface area contributed by atoms with Crippen molar-refractivity contribution in [1.29, 1.82) is 0 Å². The third-order valence-corrected chi connectivity index (χ3v) is 5.65. The molecule has 114 valence electrons. The van der Waals surface area contributed by atoms with Gasteiger partial charge in [0.1, 0.15) is 0 Å². The van der Waals surface area contributed by atoms with Crippen molar-refractivity contribution in [3.05, 3.63) is 21.4 Å². The predicted molar refractivity (Wildman–Crippen MR) is 89.6 cm³/mol. The van der Waals surface area contributed by atoms with Crippen molar-refractivity contribution < 1.29 is 0 Å². The first-order valence-electron chi connectivity index (χ1n) is 8.07. The summed E-state index contributed by atoms with van der Waals surface area (Å²) in [6, 6.07) is 3.66. The lowest BCUT2D eigenvalue weighted by molar-refractivity contribution is 0.111. The van der Waals surface area contributed by atoms with Crippen LogP contribution in [0.4, 0.5) is 0 Å². The molecule has 0 saturated carbocycles. The second-order valence-electron chi connectivity index (χ2n) is 6.37. The SMILES string of the molecule is CCCNC1CCN(C(C)c2cc(C)sc2C)CC1C. The van der Waals surface area contributed by atoms with Crippen LogP contribution < -0.4 is 5.32 Å². The third-order valence-electron chi connectivity index (χ3n) is 4.67. The Kier molecular flexibility index (Phi) is 5.65. The van der Waals surface area contributed by atoms with Crippen LogP contribution in [0, 0.1) is 19.8 Å². The lowest BCUT2D eigenvalue weighted by Crippen LogP contribution is -2.49. The van der Waals surface area contributed by atoms with Gasteiger partial charge < -0.3 is 5.32 Å². The Morgan fingerprint density at radius 3 is 2.75 bits per heavy atom. The molecule has 1 saturated heterocycles. The first-order chi connectivity index (χ1) is 9.52. The van der Waals surface area contributed by atoms with Crippen molar-refractivity contribution in [3.63, 3.8) is 0 Å². The van der Waals surface area contributed by atoms with Crippen LogP contribution in [-0.2, 0) is 0 Å². The molecular formula is C17H30N2S. The van der Waals surface area contributed by atoms with Crippen LogP contribution in [0.5, 0.6) is 0 Å². The molecule has 2 rings (SSSR count). The normalized spacial score (nSPS) is 25.9. The van der Waals surface area contributed by atoms with Crippen molar-refractivity contribution in [3.8, 4) is 0 Å². The van der Waals surface area contributed by atoms with Gasteiger partial charge in [0.15, 0.2) is 0 Å². The van der Waals surface area contributed by atoms with E-state index in [-0.39, 0.29) is 0 Å². The summed E-state index contributed by atoms with van der Waals surface area (Å²) in [6.45, 7) is 15.1. The van der Waals surface area contributed by atoms with Gasteiger partial charge in [0.25, 0.3) is 0 Å². The van der Waals surface area contributed by atoms with E-state index < -0.39 is 0 Å². The van der Waals surface area contributed by atoms with E-state index in [0.717, 1.165) is 12.5 Å². The lowest BCUT2D eigenvalue weighted by Gasteiger charge is -2.40. The molecule has 0 aromatic carbocycles. The Morgan fingerprint density at radius 1 is 1.45 bits per heavy atom. The highest BCUT2D eigenvalue weighted by atomic mass is 32.1. The molecule has 1 N–H and O–H groups in total. The summed E-state index contributed by atoms with van der Waals surface area (Å²) >= 11 is 1.93. The minimum absolute atomic E-state index is 0.564. The molecule has 3 heteroatoms. The molecule has 1 aromatic heterocycles. The van der Waals surface area contributed by atoms with Gasteiger partial charge in [-0.05, 0) is 57.7 Å². The second-order valence-corrected chi connectivity index (χ2v) is 7.83. The van der Waals surface area contributed by atoms with Crippen molar-refractivity contribution >= 4 is 11.3 Å². The number of nitrogens with one attached hydrogen (secondary N) is 1. The summed E-state index contributed by atoms with van der Waals surface area (Å²) in [7, 11) is 0. The number of aryl methyl sites for hydroxylation is 2. The summed E-state index contributed by atoms with van der Waals surface area (Å²) in [6.07, 6.45) is 2.52. The van der Waals surface area contributed by atoms with E-state index in [9.17, 15) is 0 Å². The first-order valence-corrected chi connectivity index (χ1v) is 8.89. The molecule has 0 radical (unpaired) electrons. The molecule has 2 heterocycles. The Hall–Kier alpha value is -0.380. The van der Waals surface area contributed by atoms with Gasteiger partial charge >= 0.3 is 0 Å². The fraction of sp³-hybridized carbons (Fsp3) is 0.765. The molecule has 1 aliphatic rings. The molecule has 1 fully saturated rings. The number of rotatable bonds is 5. The standard InChI is InChI=1S/C17H30N2S/c1-6-8-18-17-7-9-19(11-12(17)2)14(4)16-10-13(3)20-15(16)5/h10,12,14,17-18H,6-9,11H2,1-5H3. The molecule has 1 aliphatic heterocycles. The van der Waals surface area contributed by atoms with Crippen LogP contribution in [0.15, 0.2) is 6.07 Å². The Bertz CT molecular complexity index is 427. The number of hydrogen-bond acceptors (Lipinski definition) is 3. The highest BCUT2D eigenvalue weighted by Crippen LogP contribution is 2.32. The van der Waals surface area contributed by atoms with E-state index in [1.807, 2.05) is 11.3 Å². The zero-order valence-corrected chi connectivity index (χ0v) is 14.5. The second kappa shape index (κ2) is 7.06. The van der Waals surface area contributed by atoms with Crippen molar-refractivity contribution in [2.75, 3.05) is 19.6 Å². The molecule has 3 atom stereocenters. The van der Waals surface area contributed by atoms with E-state index >= 15 is 0 Å². The maximum absolute atomic E-state index is 3.71. The molecule has 0 spiro atoms. The number of nitrogens with zero attached hydrogens (tertiary/aromatic N) is 1. The van der Waals surface area contributed by atoms with Crippen LogP contribution in [-0.4, -0.2) is 30.6 Å². The number of likely N-dealkylation sites (tertiary alicyclic amines) is 1. The monoisotopic (exact) mass is 294 g/mol. The highest BCUT2D eigenvalue weighted by molar-refractivity contribution is 7.12. The maximum Gasteiger partial charge on any atom is 0.0331 e. The number of thiophene rings is 1. The maximum atomic E-state index is 3.71. The molecule has 1 aromatic rings. The number of piperidine rings is 1. The predicted octanol–water partition coefficient (Wildman–Crippen LogP) is 4.14. The van der Waals surface area contributed by atoms with E-state index in [1.54, 1.807) is 5.56 Å². The Morgan fingerprint density at radius 2 is 2.20 bits per heavy atom. The van der Waals surface area contributed by atoms with Crippen LogP contribution in [0.25, 0.3) is 0 Å². The van der Waals surface area contributed by atoms with E-state index in [2.05, 4.69) is 50.9 Å². The summed E-state index contributed by atoms with van der Waals surface area (Å²) < 4.78 is 0. The van der Waals surface area contributed by atoms with Gasteiger partial charge in [-0.3, -0.25) is 4.90 Å². The summed E-state index contributed by atoms with van der Waals surface area (Å²) in [5, 5.41) is 3.71. The fourth-order valence-corrected chi connectivity index (χ4v) is 4.44. The summed E-state index contributed by atoms with van der Waals surface area (Å²) in [5.41, 5.74) is 1.54. The minimum atomic E-state index is 0.564. The van der Waals surface area contributed by atoms with E-state index in [1.165, 1.54) is 35.7 Å². The molecule has 0 amide bonds. The van der Waals surface area contributed by atoms with Crippen molar-refractivity contribution in [2.24, 2.45) is 5.92 Å². The average Bonchev–Trinajstić information content (AvgIpc) is 2.75. The molecule has 20 heavy (non-hydrogen) atoms. The van der Waals surface area contributed by atoms with Crippen molar-refractivity contribution in [2.45, 2.75) is 59.5 Å². The Balaban J connectivity index is 1.96. The highest BCUT2D eigenvalue weighted by Gasteiger charge is 2.29. The zero-order valence-electron chi connectivity index (χ0n) is 13.7. The topological polar surface area (TPSA) is 15.3 Å². The minimum Gasteiger partial charge on any atom is -0.314 e. The van der Waals surface area contributed by atoms with Crippen LogP contribution in [0.1, 0.15) is 55.0 Å². The molecule has 0 bridgehead atoms.